The summed E-state index contributed by atoms with van der Waals surface area (Å²) in [5.41, 5.74) is 25.7. The van der Waals surface area contributed by atoms with E-state index in [1.54, 1.807) is 105 Å². The molecule has 5 heterocycles. The van der Waals surface area contributed by atoms with Crippen molar-refractivity contribution in [3.05, 3.63) is 126 Å². The van der Waals surface area contributed by atoms with E-state index >= 15 is 38.4 Å². The molecule has 3 aromatic heterocycles. The third-order valence-corrected chi connectivity index (χ3v) is 25.0. The Balaban J connectivity index is 1.21. The minimum atomic E-state index is -1.88. The number of nitrogens with zero attached hydrogens (tertiary/aromatic N) is 5. The van der Waals surface area contributed by atoms with Crippen molar-refractivity contribution in [3.8, 4) is 0 Å². The molecule has 2 aliphatic heterocycles. The smallest absolute Gasteiger partial charge is 0.246 e. The third kappa shape index (κ3) is 31.7. The highest BCUT2D eigenvalue weighted by molar-refractivity contribution is 8.00. The van der Waals surface area contributed by atoms with Gasteiger partial charge in [-0.05, 0) is 99.5 Å². The number of para-hydroxylation sites is 2. The van der Waals surface area contributed by atoms with Crippen molar-refractivity contribution in [1.29, 1.82) is 5.41 Å². The number of amides is 17. The molecule has 44 heteroatoms. The minimum absolute atomic E-state index is 0.00789. The predicted molar refractivity (Wildman–Crippen MR) is 504 cm³/mol. The van der Waals surface area contributed by atoms with Gasteiger partial charge in [-0.15, -0.1) is 11.8 Å². The summed E-state index contributed by atoms with van der Waals surface area (Å²) in [5.74, 6) is -19.9. The lowest BCUT2D eigenvalue weighted by Gasteiger charge is -2.36. The van der Waals surface area contributed by atoms with Crippen LogP contribution in [0.1, 0.15) is 153 Å². The van der Waals surface area contributed by atoms with E-state index in [0.717, 1.165) is 31.4 Å². The second kappa shape index (κ2) is 52.7. The number of Topliss-reactive ketones (excluding diaryl/α,β-unsaturated/α-hetero) is 1. The largest absolute Gasteiger partial charge is 0.394 e. The number of nitrogens with one attached hydrogen (secondary N) is 15. The van der Waals surface area contributed by atoms with Crippen molar-refractivity contribution in [2.75, 3.05) is 58.9 Å². The maximum absolute atomic E-state index is 15.8. The Morgan fingerprint density at radius 3 is 1.71 bits per heavy atom. The molecule has 0 aliphatic carbocycles. The van der Waals surface area contributed by atoms with E-state index in [1.165, 1.54) is 40.6 Å². The van der Waals surface area contributed by atoms with Crippen molar-refractivity contribution < 1.29 is 91.4 Å². The molecule has 0 unspecified atom stereocenters. The number of fused-ring (bicyclic) bond motifs is 3. The first kappa shape index (κ1) is 108. The number of unbranched alkanes of at least 4 members (excludes halogenated alkanes) is 2. The summed E-state index contributed by atoms with van der Waals surface area (Å²) in [6.07, 6.45) is 3.94. The molecule has 17 amide bonds. The fraction of sp³-hybridized carbons (Fsp3) is 0.522. The van der Waals surface area contributed by atoms with Crippen molar-refractivity contribution in [1.82, 2.24) is 98.0 Å². The maximum atomic E-state index is 15.8. The van der Waals surface area contributed by atoms with Crippen molar-refractivity contribution in [3.63, 3.8) is 0 Å². The number of hydrogen-bond acceptors (Lipinski definition) is 22. The number of guanidine groups is 1. The van der Waals surface area contributed by atoms with Gasteiger partial charge in [0.2, 0.25) is 100 Å². The van der Waals surface area contributed by atoms with Gasteiger partial charge in [0, 0.05) is 124 Å². The van der Waals surface area contributed by atoms with Crippen LogP contribution in [0.25, 0.3) is 21.8 Å². The number of aromatic amines is 3. The number of nitrogens with two attached hydrogens (primary N) is 4. The zero-order valence-electron chi connectivity index (χ0n) is 77.9. The van der Waals surface area contributed by atoms with Crippen molar-refractivity contribution >= 4 is 146 Å². The first-order chi connectivity index (χ1) is 64.8. The van der Waals surface area contributed by atoms with Crippen LogP contribution in [0.15, 0.2) is 104 Å². The van der Waals surface area contributed by atoms with E-state index in [4.69, 9.17) is 28.3 Å². The molecule has 2 saturated heterocycles. The topological polar surface area (TPSA) is 661 Å². The number of aromatic nitrogens is 4. The van der Waals surface area contributed by atoms with E-state index < -0.39 is 247 Å². The van der Waals surface area contributed by atoms with Gasteiger partial charge in [-0.2, -0.15) is 0 Å². The summed E-state index contributed by atoms with van der Waals surface area (Å²) in [7, 11) is 3.94. The summed E-state index contributed by atoms with van der Waals surface area (Å²) < 4.78 is 0. The molecule has 136 heavy (non-hydrogen) atoms. The highest BCUT2D eigenvalue weighted by Gasteiger charge is 2.44. The molecule has 3 aromatic carbocycles. The molecule has 2 aliphatic rings. The Hall–Kier alpha value is -13.8. The van der Waals surface area contributed by atoms with Gasteiger partial charge in [-0.1, -0.05) is 120 Å². The number of ketones is 1. The van der Waals surface area contributed by atoms with Gasteiger partial charge >= 0.3 is 0 Å². The van der Waals surface area contributed by atoms with Crippen LogP contribution in [-0.4, -0.2) is 294 Å². The standard InChI is InChI=1S/C92H130N24O19S/c1-9-11-29-71-86(130)106-63(28-20-34-99-92(96)97)82(126)112-70(81(125)102-46-77(95)121)48-136-49-78(122)104-66(37-53-22-14-13-15-23-53)88(132)113(6)52(5)79(123)109-68(42-76(94)120)90(134)116-35-21-31-72(116)87(131)108-65(41-57-45-98-50-103-57)84(128)107-64(36-51(3)4)83(127)105-62(32-33-75(93)119)74(118)40-54(38-55-43-100-60-26-18-16-24-58(55)60)80(124)111-69(47-117)85(129)110-67(39-56-44-101-61-27-19-17-25-59(56)61)89(133)115(8)73(30-12-10-2)91(135)114(71)7/h13-19,22-27,43-45,50-52,54,62-73,100-101,117H,9-12,20-21,28-42,46-49H2,1-8H3,(H2,93,119)(H2,94,120)(H2,95,121)(H,98,103)(H,102,125)(H,104,122)(H,105,127)(H,106,130)(H,107,128)(H,108,131)(H,109,123)(H,110,129)(H,111,124)(H,112,126)(H4,96,97,99)/t52-,54-,62+,63+,64+,65+,66+,67+,68+,69+,70+,71+,72+,73+/m1/s1. The second-order valence-corrected chi connectivity index (χ2v) is 35.8. The number of benzene rings is 3. The first-order valence-corrected chi connectivity index (χ1v) is 46.8. The maximum Gasteiger partial charge on any atom is 0.246 e. The summed E-state index contributed by atoms with van der Waals surface area (Å²) in [5, 5.41) is 49.4. The molecule has 0 bridgehead atoms. The minimum Gasteiger partial charge on any atom is -0.394 e. The second-order valence-electron chi connectivity index (χ2n) is 34.8. The van der Waals surface area contributed by atoms with Crippen LogP contribution >= 0.6 is 11.8 Å². The third-order valence-electron chi connectivity index (χ3n) is 24.0. The number of likely N-dealkylation sites (N-methyl/N-ethyl adjacent to an activating group) is 3. The zero-order valence-corrected chi connectivity index (χ0v) is 78.7. The van der Waals surface area contributed by atoms with Gasteiger partial charge in [0.25, 0.3) is 0 Å². The quantitative estimate of drug-likeness (QED) is 0.0141. The Morgan fingerprint density at radius 1 is 0.537 bits per heavy atom. The van der Waals surface area contributed by atoms with E-state index in [1.807, 2.05) is 13.8 Å². The lowest BCUT2D eigenvalue weighted by atomic mass is 9.89. The molecule has 738 valence electrons. The average molecular weight is 1910 g/mol. The number of carbonyl (C=O) groups excluding carboxylic acids is 18. The molecular weight excluding hydrogens is 1780 g/mol. The Labute approximate surface area is 791 Å². The van der Waals surface area contributed by atoms with E-state index in [9.17, 15) is 53.1 Å². The predicted octanol–water partition coefficient (Wildman–Crippen LogP) is -1.76. The summed E-state index contributed by atoms with van der Waals surface area (Å²) in [4.78, 5) is 281. The average Bonchev–Trinajstić information content (AvgIpc) is 1.11. The summed E-state index contributed by atoms with van der Waals surface area (Å²) in [6.45, 7) is 6.50. The summed E-state index contributed by atoms with van der Waals surface area (Å²) >= 11 is 0.788. The van der Waals surface area contributed by atoms with Gasteiger partial charge < -0.3 is 121 Å². The number of imidazole rings is 1. The van der Waals surface area contributed by atoms with Gasteiger partial charge in [0.15, 0.2) is 11.7 Å². The molecule has 14 atom stereocenters. The van der Waals surface area contributed by atoms with Crippen LogP contribution in [0.3, 0.4) is 0 Å². The summed E-state index contributed by atoms with van der Waals surface area (Å²) in [6, 6.07) is 2.33. The van der Waals surface area contributed by atoms with Gasteiger partial charge in [0.1, 0.15) is 72.5 Å². The Bertz CT molecular complexity index is 5210. The lowest BCUT2D eigenvalue weighted by molar-refractivity contribution is -0.149. The molecule has 0 spiro atoms. The number of H-pyrrole nitrogens is 3. The number of rotatable bonds is 29. The molecule has 0 saturated carbocycles. The monoisotopic (exact) mass is 1910 g/mol. The molecule has 43 nitrogen and oxygen atoms in total. The molecule has 6 aromatic rings. The number of hydrogen-bond donors (Lipinski definition) is 20. The number of aliphatic hydroxyl groups is 1. The van der Waals surface area contributed by atoms with Crippen LogP contribution in [0, 0.1) is 17.2 Å². The van der Waals surface area contributed by atoms with Crippen LogP contribution < -0.4 is 81.4 Å². The highest BCUT2D eigenvalue weighted by Crippen LogP contribution is 2.28. The first-order valence-electron chi connectivity index (χ1n) is 45.7. The molecule has 2 fully saturated rings. The van der Waals surface area contributed by atoms with Crippen molar-refractivity contribution in [2.45, 2.75) is 235 Å². The van der Waals surface area contributed by atoms with Crippen molar-refractivity contribution in [2.24, 2.45) is 34.8 Å². The van der Waals surface area contributed by atoms with Gasteiger partial charge in [0.05, 0.1) is 37.7 Å². The Kier molecular flexibility index (Phi) is 41.7. The van der Waals surface area contributed by atoms with Crippen LogP contribution in [0.4, 0.5) is 0 Å². The fourth-order valence-electron chi connectivity index (χ4n) is 16.4. The van der Waals surface area contributed by atoms with E-state index in [0.29, 0.717) is 69.9 Å². The fourth-order valence-corrected chi connectivity index (χ4v) is 17.2. The van der Waals surface area contributed by atoms with Crippen LogP contribution in [0.5, 0.6) is 0 Å². The number of thioether (sulfide) groups is 1. The Morgan fingerprint density at radius 2 is 1.10 bits per heavy atom. The zero-order chi connectivity index (χ0) is 99.6. The lowest BCUT2D eigenvalue weighted by Crippen LogP contribution is -2.61. The van der Waals surface area contributed by atoms with E-state index in [-0.39, 0.29) is 89.6 Å². The molecular formula is C92H130N24O19S. The SMILES string of the molecule is CCCC[C@H]1C(=O)N(C)[C@@H](CCCC)C(=O)N[C@@H](CCCNC(=N)N)C(=O)N[C@H](C(=O)NCC(N)=O)CSCC(=O)N[C@@H](Cc2ccccc2)C(=O)N(C)[C@H](C)C(=O)N[C@@H](CC(N)=O)C(=O)N2CCC[C@H]2C(=O)N[C@@H](Cc2cnc[nH]2)C(=O)N[C@@H](CC(C)C)C(=O)N[C@@H](CCC(N)=O)C(=O)C[C@@H](Cc2c[nH]c3ccccc23)C(=O)N[C@@H](CO)C(=O)N[C@@H](Cc2c[nH]c3ccccc23)C(=O)N1C. The number of carbonyl (C=O) groups is 18. The molecule has 0 radical (unpaired) electrons. The van der Waals surface area contributed by atoms with Crippen LogP contribution in [0.2, 0.25) is 0 Å². The molecule has 24 N–H and O–H groups in total. The normalized spacial score (nSPS) is 23.7. The van der Waals surface area contributed by atoms with Crippen LogP contribution in [-0.2, 0) is 112 Å². The van der Waals surface area contributed by atoms with Gasteiger partial charge in [-0.3, -0.25) is 91.7 Å². The number of aliphatic hydroxyl groups excluding tert-OH is 1. The number of primary amides is 3. The molecule has 8 rings (SSSR count). The highest BCUT2D eigenvalue weighted by atomic mass is 32.2. The van der Waals surface area contributed by atoms with E-state index in [2.05, 4.69) is 78.4 Å². The van der Waals surface area contributed by atoms with Gasteiger partial charge in [-0.25, -0.2) is 4.98 Å².